The monoisotopic (exact) mass is 447 g/mol. The van der Waals surface area contributed by atoms with Gasteiger partial charge in [-0.1, -0.05) is 59.6 Å². The predicted molar refractivity (Wildman–Crippen MR) is 110 cm³/mol. The lowest BCUT2D eigenvalue weighted by Crippen LogP contribution is -2.19. The van der Waals surface area contributed by atoms with E-state index in [0.717, 1.165) is 28.7 Å². The highest BCUT2D eigenvalue weighted by atomic mass is 79.9. The number of hydrogen-bond donors (Lipinski definition) is 1. The third kappa shape index (κ3) is 6.70. The van der Waals surface area contributed by atoms with E-state index in [-0.39, 0.29) is 12.4 Å². The average molecular weight is 449 g/mol. The van der Waals surface area contributed by atoms with Crippen LogP contribution in [0.2, 0.25) is 5.02 Å². The van der Waals surface area contributed by atoms with Gasteiger partial charge >= 0.3 is 0 Å². The fraction of sp³-hybridized carbons (Fsp3) is 0.368. The van der Waals surface area contributed by atoms with Crippen LogP contribution < -0.4 is 14.8 Å². The minimum absolute atomic E-state index is 0. The normalized spacial score (nSPS) is 10.5. The highest BCUT2D eigenvalue weighted by Gasteiger charge is 2.11. The molecule has 0 heterocycles. The van der Waals surface area contributed by atoms with Crippen LogP contribution in [0.5, 0.6) is 11.5 Å². The van der Waals surface area contributed by atoms with Crippen molar-refractivity contribution in [2.24, 2.45) is 5.92 Å². The van der Waals surface area contributed by atoms with Crippen LogP contribution in [0.3, 0.4) is 0 Å². The van der Waals surface area contributed by atoms with Gasteiger partial charge in [0.25, 0.3) is 0 Å². The molecule has 0 unspecified atom stereocenters. The van der Waals surface area contributed by atoms with Crippen LogP contribution in [0.25, 0.3) is 0 Å². The number of benzene rings is 2. The second-order valence-corrected chi connectivity index (χ2v) is 7.26. The molecule has 0 atom stereocenters. The van der Waals surface area contributed by atoms with Crippen molar-refractivity contribution in [1.82, 2.24) is 5.32 Å². The van der Waals surface area contributed by atoms with Crippen LogP contribution in [-0.4, -0.2) is 13.7 Å². The summed E-state index contributed by atoms with van der Waals surface area (Å²) in [6, 6.07) is 11.6. The van der Waals surface area contributed by atoms with Gasteiger partial charge in [0.15, 0.2) is 11.5 Å². The maximum atomic E-state index is 6.17. The van der Waals surface area contributed by atoms with E-state index in [4.69, 9.17) is 21.1 Å². The van der Waals surface area contributed by atoms with Crippen molar-refractivity contribution in [3.63, 3.8) is 0 Å². The van der Waals surface area contributed by atoms with Gasteiger partial charge in [-0.25, -0.2) is 0 Å². The summed E-state index contributed by atoms with van der Waals surface area (Å²) in [5.41, 5.74) is 2.08. The number of halogens is 3. The molecule has 3 nitrogen and oxygen atoms in total. The zero-order chi connectivity index (χ0) is 17.5. The molecule has 2 rings (SSSR count). The zero-order valence-corrected chi connectivity index (χ0v) is 17.8. The van der Waals surface area contributed by atoms with Crippen LogP contribution in [0.4, 0.5) is 0 Å². The van der Waals surface area contributed by atoms with Gasteiger partial charge in [-0.15, -0.1) is 12.4 Å². The summed E-state index contributed by atoms with van der Waals surface area (Å²) in [6.45, 7) is 6.52. The van der Waals surface area contributed by atoms with E-state index in [1.165, 1.54) is 0 Å². The van der Waals surface area contributed by atoms with E-state index in [9.17, 15) is 0 Å². The van der Waals surface area contributed by atoms with E-state index < -0.39 is 0 Å². The van der Waals surface area contributed by atoms with Crippen LogP contribution in [0.15, 0.2) is 40.9 Å². The Labute approximate surface area is 169 Å². The van der Waals surface area contributed by atoms with E-state index in [2.05, 4.69) is 35.1 Å². The van der Waals surface area contributed by atoms with Gasteiger partial charge in [-0.3, -0.25) is 0 Å². The third-order valence-electron chi connectivity index (χ3n) is 3.54. The van der Waals surface area contributed by atoms with Crippen molar-refractivity contribution >= 4 is 39.9 Å². The Balaban J connectivity index is 0.00000312. The van der Waals surface area contributed by atoms with Gasteiger partial charge in [0.1, 0.15) is 6.61 Å². The quantitative estimate of drug-likeness (QED) is 0.548. The molecule has 6 heteroatoms. The second-order valence-electron chi connectivity index (χ2n) is 6.00. The van der Waals surface area contributed by atoms with Gasteiger partial charge in [0.2, 0.25) is 0 Å². The zero-order valence-electron chi connectivity index (χ0n) is 14.6. The molecule has 0 radical (unpaired) electrons. The number of rotatable bonds is 8. The van der Waals surface area contributed by atoms with Gasteiger partial charge in [-0.05, 0) is 36.2 Å². The fourth-order valence-corrected chi connectivity index (χ4v) is 2.90. The third-order valence-corrected chi connectivity index (χ3v) is 4.65. The van der Waals surface area contributed by atoms with Crippen molar-refractivity contribution in [1.29, 1.82) is 0 Å². The van der Waals surface area contributed by atoms with E-state index >= 15 is 0 Å². The van der Waals surface area contributed by atoms with Crippen LogP contribution in [0.1, 0.15) is 25.0 Å². The molecular formula is C19H24BrCl2NO2. The molecule has 2 aromatic rings. The molecule has 0 bridgehead atoms. The number of methoxy groups -OCH3 is 1. The molecule has 2 aromatic carbocycles. The SMILES string of the molecule is COc1cc(CNCC(C)C)c(Br)cc1OCc1ccccc1Cl.Cl. The first-order valence-electron chi connectivity index (χ1n) is 7.94. The van der Waals surface area contributed by atoms with Gasteiger partial charge < -0.3 is 14.8 Å². The summed E-state index contributed by atoms with van der Waals surface area (Å²) in [6.07, 6.45) is 0. The molecule has 0 spiro atoms. The minimum atomic E-state index is 0. The lowest BCUT2D eigenvalue weighted by atomic mass is 10.1. The summed E-state index contributed by atoms with van der Waals surface area (Å²) in [5.74, 6) is 2.02. The number of nitrogens with one attached hydrogen (secondary N) is 1. The standard InChI is InChI=1S/C19H23BrClNO2.ClH/c1-13(2)10-22-11-15-8-18(23-3)19(9-16(15)20)24-12-14-6-4-5-7-17(14)21;/h4-9,13,22H,10-12H2,1-3H3;1H. The van der Waals surface area contributed by atoms with Crippen molar-refractivity contribution in [3.05, 3.63) is 57.0 Å². The highest BCUT2D eigenvalue weighted by Crippen LogP contribution is 2.34. The Morgan fingerprint density at radius 3 is 2.48 bits per heavy atom. The van der Waals surface area contributed by atoms with Gasteiger partial charge in [0, 0.05) is 21.6 Å². The first-order valence-corrected chi connectivity index (χ1v) is 9.11. The van der Waals surface area contributed by atoms with Gasteiger partial charge in [-0.2, -0.15) is 0 Å². The van der Waals surface area contributed by atoms with Gasteiger partial charge in [0.05, 0.1) is 7.11 Å². The summed E-state index contributed by atoms with van der Waals surface area (Å²) in [5, 5.41) is 4.13. The maximum absolute atomic E-state index is 6.17. The topological polar surface area (TPSA) is 30.5 Å². The van der Waals surface area contributed by atoms with E-state index in [1.54, 1.807) is 7.11 Å². The van der Waals surface area contributed by atoms with E-state index in [1.807, 2.05) is 36.4 Å². The summed E-state index contributed by atoms with van der Waals surface area (Å²) in [7, 11) is 1.65. The number of hydrogen-bond acceptors (Lipinski definition) is 3. The highest BCUT2D eigenvalue weighted by molar-refractivity contribution is 9.10. The molecule has 25 heavy (non-hydrogen) atoms. The van der Waals surface area contributed by atoms with Crippen LogP contribution in [0, 0.1) is 5.92 Å². The van der Waals surface area contributed by atoms with Crippen molar-refractivity contribution < 1.29 is 9.47 Å². The average Bonchev–Trinajstić information content (AvgIpc) is 2.55. The van der Waals surface area contributed by atoms with Crippen molar-refractivity contribution in [2.75, 3.05) is 13.7 Å². The second kappa shape index (κ2) is 10.9. The summed E-state index contributed by atoms with van der Waals surface area (Å²) < 4.78 is 12.4. The Morgan fingerprint density at radius 1 is 1.12 bits per heavy atom. The molecule has 0 aliphatic rings. The first kappa shape index (κ1) is 22.1. The smallest absolute Gasteiger partial charge is 0.162 e. The lowest BCUT2D eigenvalue weighted by Gasteiger charge is -2.15. The molecule has 0 saturated carbocycles. The molecule has 0 aliphatic carbocycles. The summed E-state index contributed by atoms with van der Waals surface area (Å²) >= 11 is 9.79. The first-order chi connectivity index (χ1) is 11.5. The van der Waals surface area contributed by atoms with Crippen LogP contribution >= 0.6 is 39.9 Å². The Hall–Kier alpha value is -0.940. The maximum Gasteiger partial charge on any atom is 0.162 e. The predicted octanol–water partition coefficient (Wildman–Crippen LogP) is 5.86. The molecule has 138 valence electrons. The lowest BCUT2D eigenvalue weighted by molar-refractivity contribution is 0.284. The largest absolute Gasteiger partial charge is 0.493 e. The number of ether oxygens (including phenoxy) is 2. The fourth-order valence-electron chi connectivity index (χ4n) is 2.25. The Kier molecular flexibility index (Phi) is 9.65. The van der Waals surface area contributed by atoms with Crippen LogP contribution in [-0.2, 0) is 13.2 Å². The molecule has 0 saturated heterocycles. The molecule has 1 N–H and O–H groups in total. The Morgan fingerprint density at radius 2 is 1.84 bits per heavy atom. The van der Waals surface area contributed by atoms with Crippen molar-refractivity contribution in [2.45, 2.75) is 27.0 Å². The molecule has 0 aliphatic heterocycles. The van der Waals surface area contributed by atoms with Crippen molar-refractivity contribution in [3.8, 4) is 11.5 Å². The summed E-state index contributed by atoms with van der Waals surface area (Å²) in [4.78, 5) is 0. The molecule has 0 amide bonds. The minimum Gasteiger partial charge on any atom is -0.493 e. The molecule has 0 fully saturated rings. The molecular weight excluding hydrogens is 425 g/mol. The molecule has 0 aromatic heterocycles. The Bertz CT molecular complexity index is 680. The van der Waals surface area contributed by atoms with E-state index in [0.29, 0.717) is 29.0 Å².